The summed E-state index contributed by atoms with van der Waals surface area (Å²) in [4.78, 5) is 0. The molecule has 1 aromatic rings. The first kappa shape index (κ1) is 9.37. The van der Waals surface area contributed by atoms with Gasteiger partial charge in [-0.2, -0.15) is 0 Å². The molecule has 0 saturated heterocycles. The Bertz CT molecular complexity index is 324. The first-order chi connectivity index (χ1) is 7.34. The lowest BCUT2D eigenvalue weighted by Gasteiger charge is -2.09. The van der Waals surface area contributed by atoms with E-state index in [1.807, 2.05) is 18.2 Å². The second kappa shape index (κ2) is 3.62. The summed E-state index contributed by atoms with van der Waals surface area (Å²) in [5.41, 5.74) is 1.24. The van der Waals surface area contributed by atoms with Gasteiger partial charge in [0.25, 0.3) is 0 Å². The van der Waals surface area contributed by atoms with Crippen LogP contribution in [0.5, 0.6) is 0 Å². The molecule has 2 aliphatic carbocycles. The highest BCUT2D eigenvalue weighted by atomic mass is 16.5. The Morgan fingerprint density at radius 1 is 1.13 bits per heavy atom. The van der Waals surface area contributed by atoms with Crippen LogP contribution in [0.1, 0.15) is 18.4 Å². The summed E-state index contributed by atoms with van der Waals surface area (Å²) in [5.74, 6) is 1.28. The first-order valence-electron chi connectivity index (χ1n) is 5.68. The lowest BCUT2D eigenvalue weighted by Crippen LogP contribution is -2.10. The van der Waals surface area contributed by atoms with Gasteiger partial charge in [0.05, 0.1) is 18.8 Å². The van der Waals surface area contributed by atoms with Crippen LogP contribution in [-0.2, 0) is 11.3 Å². The monoisotopic (exact) mass is 204 g/mol. The minimum absolute atomic E-state index is 0.0587. The summed E-state index contributed by atoms with van der Waals surface area (Å²) in [7, 11) is 0. The van der Waals surface area contributed by atoms with Crippen molar-refractivity contribution in [2.75, 3.05) is 0 Å². The van der Waals surface area contributed by atoms with Gasteiger partial charge in [0.2, 0.25) is 0 Å². The van der Waals surface area contributed by atoms with Gasteiger partial charge < -0.3 is 9.84 Å². The van der Waals surface area contributed by atoms with Gasteiger partial charge in [0, 0.05) is 0 Å². The summed E-state index contributed by atoms with van der Waals surface area (Å²) in [6.45, 7) is 0.717. The Labute approximate surface area is 89.9 Å². The molecule has 3 rings (SSSR count). The number of rotatable bonds is 3. The molecule has 0 spiro atoms. The summed E-state index contributed by atoms with van der Waals surface area (Å²) in [5, 5.41) is 9.38. The van der Waals surface area contributed by atoms with Crippen molar-refractivity contribution in [2.45, 2.75) is 31.7 Å². The maximum absolute atomic E-state index is 9.38. The minimum atomic E-state index is -0.0587. The average molecular weight is 204 g/mol. The highest BCUT2D eigenvalue weighted by Crippen LogP contribution is 2.54. The molecule has 80 valence electrons. The van der Waals surface area contributed by atoms with Crippen molar-refractivity contribution in [1.29, 1.82) is 0 Å². The molecule has 1 N–H and O–H groups in total. The zero-order valence-corrected chi connectivity index (χ0v) is 8.67. The van der Waals surface area contributed by atoms with Gasteiger partial charge >= 0.3 is 0 Å². The third kappa shape index (κ3) is 1.80. The third-order valence-corrected chi connectivity index (χ3v) is 3.63. The fraction of sp³-hybridized carbons (Fsp3) is 0.538. The van der Waals surface area contributed by atoms with E-state index in [0.29, 0.717) is 24.5 Å². The molecule has 0 bridgehead atoms. The number of fused-ring (bicyclic) bond motifs is 1. The van der Waals surface area contributed by atoms with Crippen LogP contribution in [-0.4, -0.2) is 17.3 Å². The van der Waals surface area contributed by atoms with Gasteiger partial charge in [-0.25, -0.2) is 0 Å². The van der Waals surface area contributed by atoms with E-state index in [9.17, 15) is 5.11 Å². The number of ether oxygens (including phenoxy) is 1. The second-order valence-electron chi connectivity index (χ2n) is 4.71. The molecule has 1 aromatic carbocycles. The zero-order valence-electron chi connectivity index (χ0n) is 8.67. The molecule has 2 aliphatic rings. The van der Waals surface area contributed by atoms with E-state index in [0.717, 1.165) is 12.8 Å². The normalized spacial score (nSPS) is 37.7. The van der Waals surface area contributed by atoms with Gasteiger partial charge in [-0.1, -0.05) is 30.3 Å². The number of benzene rings is 1. The Hall–Kier alpha value is -0.860. The predicted octanol–water partition coefficient (Wildman–Crippen LogP) is 1.97. The molecule has 2 saturated carbocycles. The van der Waals surface area contributed by atoms with Crippen LogP contribution >= 0.6 is 0 Å². The Morgan fingerprint density at radius 3 is 2.47 bits per heavy atom. The maximum atomic E-state index is 9.38. The average Bonchev–Trinajstić information content (AvgIpc) is 2.72. The molecular weight excluding hydrogens is 188 g/mol. The highest BCUT2D eigenvalue weighted by Gasteiger charge is 2.56. The minimum Gasteiger partial charge on any atom is -0.393 e. The molecule has 2 nitrogen and oxygen atoms in total. The van der Waals surface area contributed by atoms with E-state index in [-0.39, 0.29) is 6.10 Å². The largest absolute Gasteiger partial charge is 0.393 e. The van der Waals surface area contributed by atoms with E-state index in [1.54, 1.807) is 0 Å². The fourth-order valence-corrected chi connectivity index (χ4v) is 2.77. The van der Waals surface area contributed by atoms with Gasteiger partial charge in [0.15, 0.2) is 0 Å². The number of aliphatic hydroxyl groups is 1. The second-order valence-corrected chi connectivity index (χ2v) is 4.71. The summed E-state index contributed by atoms with van der Waals surface area (Å²) >= 11 is 0. The van der Waals surface area contributed by atoms with Crippen molar-refractivity contribution in [3.8, 4) is 0 Å². The van der Waals surface area contributed by atoms with Crippen molar-refractivity contribution in [3.63, 3.8) is 0 Å². The summed E-state index contributed by atoms with van der Waals surface area (Å²) < 4.78 is 5.84. The number of hydrogen-bond acceptors (Lipinski definition) is 2. The SMILES string of the molecule is OC1CC2C(C1)C2OCc1ccccc1. The molecule has 2 fully saturated rings. The molecule has 0 amide bonds. The van der Waals surface area contributed by atoms with Gasteiger partial charge in [-0.3, -0.25) is 0 Å². The molecule has 15 heavy (non-hydrogen) atoms. The Morgan fingerprint density at radius 2 is 1.80 bits per heavy atom. The van der Waals surface area contributed by atoms with E-state index < -0.39 is 0 Å². The zero-order chi connectivity index (χ0) is 10.3. The molecule has 0 heterocycles. The lowest BCUT2D eigenvalue weighted by atomic mass is 10.2. The molecule has 0 radical (unpaired) electrons. The Kier molecular flexibility index (Phi) is 2.26. The van der Waals surface area contributed by atoms with E-state index in [2.05, 4.69) is 12.1 Å². The number of aliphatic hydroxyl groups excluding tert-OH is 1. The van der Waals surface area contributed by atoms with Crippen LogP contribution in [0.25, 0.3) is 0 Å². The van der Waals surface area contributed by atoms with Crippen molar-refractivity contribution in [3.05, 3.63) is 35.9 Å². The quantitative estimate of drug-likeness (QED) is 0.815. The topological polar surface area (TPSA) is 29.5 Å². The smallest absolute Gasteiger partial charge is 0.0720 e. The first-order valence-corrected chi connectivity index (χ1v) is 5.68. The van der Waals surface area contributed by atoms with Crippen LogP contribution in [0.15, 0.2) is 30.3 Å². The molecular formula is C13H16O2. The molecule has 2 heteroatoms. The van der Waals surface area contributed by atoms with Crippen molar-refractivity contribution in [2.24, 2.45) is 11.8 Å². The predicted molar refractivity (Wildman–Crippen MR) is 57.2 cm³/mol. The number of hydrogen-bond donors (Lipinski definition) is 1. The maximum Gasteiger partial charge on any atom is 0.0720 e. The molecule has 0 aliphatic heterocycles. The highest BCUT2D eigenvalue weighted by molar-refractivity contribution is 5.14. The standard InChI is InChI=1S/C13H16O2/c14-10-6-11-12(7-10)13(11)15-8-9-4-2-1-3-5-9/h1-5,10-14H,6-8H2. The van der Waals surface area contributed by atoms with Crippen LogP contribution < -0.4 is 0 Å². The molecule has 2 unspecified atom stereocenters. The molecule has 0 aromatic heterocycles. The van der Waals surface area contributed by atoms with Gasteiger partial charge in [-0.05, 0) is 30.2 Å². The molecule has 2 atom stereocenters. The lowest BCUT2D eigenvalue weighted by molar-refractivity contribution is 0.0598. The summed E-state index contributed by atoms with van der Waals surface area (Å²) in [6, 6.07) is 10.3. The van der Waals surface area contributed by atoms with Crippen molar-refractivity contribution < 1.29 is 9.84 Å². The fourth-order valence-electron chi connectivity index (χ4n) is 2.77. The third-order valence-electron chi connectivity index (χ3n) is 3.63. The van der Waals surface area contributed by atoms with Crippen LogP contribution in [0.3, 0.4) is 0 Å². The van der Waals surface area contributed by atoms with Crippen LogP contribution in [0.2, 0.25) is 0 Å². The van der Waals surface area contributed by atoms with E-state index in [4.69, 9.17) is 4.74 Å². The van der Waals surface area contributed by atoms with Crippen molar-refractivity contribution in [1.82, 2.24) is 0 Å². The van der Waals surface area contributed by atoms with Gasteiger partial charge in [0.1, 0.15) is 0 Å². The summed E-state index contributed by atoms with van der Waals surface area (Å²) in [6.07, 6.45) is 2.26. The van der Waals surface area contributed by atoms with E-state index in [1.165, 1.54) is 5.56 Å². The van der Waals surface area contributed by atoms with Gasteiger partial charge in [-0.15, -0.1) is 0 Å². The Balaban J connectivity index is 1.49. The van der Waals surface area contributed by atoms with E-state index >= 15 is 0 Å². The van der Waals surface area contributed by atoms with Crippen LogP contribution in [0, 0.1) is 11.8 Å². The van der Waals surface area contributed by atoms with Crippen molar-refractivity contribution >= 4 is 0 Å². The van der Waals surface area contributed by atoms with Crippen LogP contribution in [0.4, 0.5) is 0 Å².